The molecule has 0 atom stereocenters. The Morgan fingerprint density at radius 3 is 1.17 bits per heavy atom. The Hall–Kier alpha value is 0.540. The van der Waals surface area contributed by atoms with Crippen molar-refractivity contribution in [1.82, 2.24) is 0 Å². The molecule has 0 aromatic carbocycles. The summed E-state index contributed by atoms with van der Waals surface area (Å²) in [5.74, 6) is 0. The van der Waals surface area contributed by atoms with Gasteiger partial charge in [-0.3, -0.25) is 0 Å². The summed E-state index contributed by atoms with van der Waals surface area (Å²) in [6.45, 7) is 6.94. The summed E-state index contributed by atoms with van der Waals surface area (Å²) in [6.07, 6.45) is 13.2. The van der Waals surface area contributed by atoms with Gasteiger partial charge in [-0.2, -0.15) is 0 Å². The Kier molecular flexibility index (Phi) is 16.2. The van der Waals surface area contributed by atoms with Crippen molar-refractivity contribution in [2.75, 3.05) is 18.5 Å². The summed E-state index contributed by atoms with van der Waals surface area (Å²) in [6, 6.07) is 0. The molecule has 0 fully saturated rings. The molecule has 0 heterocycles. The molecule has 0 rings (SSSR count). The van der Waals surface area contributed by atoms with Gasteiger partial charge in [0.15, 0.2) is 0 Å². The molecule has 0 spiro atoms. The smallest absolute Gasteiger partial charge is 0.303 e. The first kappa shape index (κ1) is 20.8. The molecule has 0 bridgehead atoms. The standard InChI is InChI=1S/C12H27P.H3O4P/c1-4-7-10-13(11-8-5-2)12-9-6-3;1-5(2,3)4/h4-12H2,1-3H3;(H3,1,2,3,4). The van der Waals surface area contributed by atoms with Gasteiger partial charge < -0.3 is 14.7 Å². The molecule has 0 aliphatic carbocycles. The van der Waals surface area contributed by atoms with Gasteiger partial charge in [0, 0.05) is 0 Å². The summed E-state index contributed by atoms with van der Waals surface area (Å²) >= 11 is 0. The molecule has 0 aromatic heterocycles. The molecule has 0 unspecified atom stereocenters. The molecule has 0 aliphatic rings. The van der Waals surface area contributed by atoms with Gasteiger partial charge in [-0.1, -0.05) is 40.0 Å². The normalized spacial score (nSPS) is 11.3. The van der Waals surface area contributed by atoms with Gasteiger partial charge in [0.25, 0.3) is 0 Å². The Morgan fingerprint density at radius 1 is 0.778 bits per heavy atom. The van der Waals surface area contributed by atoms with Crippen LogP contribution in [0, 0.1) is 0 Å². The maximum absolute atomic E-state index is 8.88. The zero-order chi connectivity index (χ0) is 14.4. The van der Waals surface area contributed by atoms with E-state index in [1.165, 1.54) is 38.5 Å². The van der Waals surface area contributed by atoms with Gasteiger partial charge in [-0.05, 0) is 37.7 Å². The summed E-state index contributed by atoms with van der Waals surface area (Å²) in [5.41, 5.74) is 0. The predicted octanol–water partition coefficient (Wildman–Crippen LogP) is 3.94. The third kappa shape index (κ3) is 25.4. The van der Waals surface area contributed by atoms with Crippen molar-refractivity contribution < 1.29 is 19.2 Å². The van der Waals surface area contributed by atoms with Crippen LogP contribution in [0.2, 0.25) is 0 Å². The highest BCUT2D eigenvalue weighted by atomic mass is 31.2. The second-order valence-corrected chi connectivity index (χ2v) is 8.13. The molecule has 0 saturated carbocycles. The summed E-state index contributed by atoms with van der Waals surface area (Å²) in [5, 5.41) is 0. The third-order valence-corrected chi connectivity index (χ3v) is 5.33. The van der Waals surface area contributed by atoms with Crippen LogP contribution in [0.15, 0.2) is 0 Å². The molecular weight excluding hydrogens is 270 g/mol. The number of phosphoric acid groups is 1. The fraction of sp³-hybridized carbons (Fsp3) is 1.00. The maximum Gasteiger partial charge on any atom is 0.466 e. The molecule has 0 saturated heterocycles. The van der Waals surface area contributed by atoms with Crippen molar-refractivity contribution in [1.29, 1.82) is 0 Å². The first-order valence-corrected chi connectivity index (χ1v) is 10.3. The zero-order valence-corrected chi connectivity index (χ0v) is 13.8. The molecule has 112 valence electrons. The van der Waals surface area contributed by atoms with E-state index >= 15 is 0 Å². The van der Waals surface area contributed by atoms with Crippen LogP contribution in [0.5, 0.6) is 0 Å². The van der Waals surface area contributed by atoms with Gasteiger partial charge in [0.05, 0.1) is 0 Å². The minimum atomic E-state index is -4.64. The largest absolute Gasteiger partial charge is 0.466 e. The monoisotopic (exact) mass is 300 g/mol. The van der Waals surface area contributed by atoms with E-state index < -0.39 is 7.82 Å². The Morgan fingerprint density at radius 2 is 1.00 bits per heavy atom. The Labute approximate surface area is 113 Å². The lowest BCUT2D eigenvalue weighted by Crippen LogP contribution is -1.95. The average Bonchev–Trinajstić information content (AvgIpc) is 2.26. The average molecular weight is 300 g/mol. The summed E-state index contributed by atoms with van der Waals surface area (Å²) in [7, 11) is -4.22. The van der Waals surface area contributed by atoms with Crippen LogP contribution in [-0.2, 0) is 4.57 Å². The van der Waals surface area contributed by atoms with E-state index in [0.29, 0.717) is 7.92 Å². The summed E-state index contributed by atoms with van der Waals surface area (Å²) in [4.78, 5) is 21.6. The van der Waals surface area contributed by atoms with E-state index in [9.17, 15) is 0 Å². The van der Waals surface area contributed by atoms with E-state index in [-0.39, 0.29) is 0 Å². The molecular formula is C12H30O4P2. The van der Waals surface area contributed by atoms with Crippen LogP contribution in [0.25, 0.3) is 0 Å². The van der Waals surface area contributed by atoms with Crippen LogP contribution in [0.3, 0.4) is 0 Å². The van der Waals surface area contributed by atoms with Crippen LogP contribution in [-0.4, -0.2) is 33.2 Å². The van der Waals surface area contributed by atoms with Crippen molar-refractivity contribution >= 4 is 15.7 Å². The third-order valence-electron chi connectivity index (χ3n) is 2.48. The summed E-state index contributed by atoms with van der Waals surface area (Å²) < 4.78 is 8.88. The van der Waals surface area contributed by atoms with Crippen molar-refractivity contribution in [2.24, 2.45) is 0 Å². The fourth-order valence-electron chi connectivity index (χ4n) is 1.48. The second-order valence-electron chi connectivity index (χ2n) is 4.42. The molecule has 4 nitrogen and oxygen atoms in total. The van der Waals surface area contributed by atoms with E-state index in [1.54, 1.807) is 18.5 Å². The van der Waals surface area contributed by atoms with Crippen molar-refractivity contribution in [3.8, 4) is 0 Å². The lowest BCUT2D eigenvalue weighted by Gasteiger charge is -2.16. The number of rotatable bonds is 9. The molecule has 18 heavy (non-hydrogen) atoms. The highest BCUT2D eigenvalue weighted by Crippen LogP contribution is 2.38. The zero-order valence-electron chi connectivity index (χ0n) is 12.0. The lowest BCUT2D eigenvalue weighted by molar-refractivity contribution is 0.275. The Bertz CT molecular complexity index is 179. The molecule has 0 amide bonds. The highest BCUT2D eigenvalue weighted by Gasteiger charge is 2.05. The number of unbranched alkanes of at least 4 members (excludes halogenated alkanes) is 3. The van der Waals surface area contributed by atoms with E-state index in [4.69, 9.17) is 19.2 Å². The predicted molar refractivity (Wildman–Crippen MR) is 80.5 cm³/mol. The molecule has 0 aromatic rings. The quantitative estimate of drug-likeness (QED) is 0.564. The van der Waals surface area contributed by atoms with Crippen molar-refractivity contribution in [2.45, 2.75) is 59.3 Å². The molecule has 6 heteroatoms. The van der Waals surface area contributed by atoms with Crippen LogP contribution < -0.4 is 0 Å². The SMILES string of the molecule is CCCCP(CCCC)CCCC.O=P(O)(O)O. The maximum atomic E-state index is 8.88. The highest BCUT2D eigenvalue weighted by molar-refractivity contribution is 7.57. The van der Waals surface area contributed by atoms with Gasteiger partial charge >= 0.3 is 7.82 Å². The molecule has 3 N–H and O–H groups in total. The first-order valence-electron chi connectivity index (χ1n) is 6.85. The van der Waals surface area contributed by atoms with Crippen molar-refractivity contribution in [3.63, 3.8) is 0 Å². The second kappa shape index (κ2) is 14.0. The lowest BCUT2D eigenvalue weighted by atomic mass is 10.4. The van der Waals surface area contributed by atoms with Crippen molar-refractivity contribution in [3.05, 3.63) is 0 Å². The number of hydrogen-bond acceptors (Lipinski definition) is 1. The van der Waals surface area contributed by atoms with Gasteiger partial charge in [0.1, 0.15) is 0 Å². The minimum Gasteiger partial charge on any atom is -0.303 e. The number of hydrogen-bond donors (Lipinski definition) is 3. The van der Waals surface area contributed by atoms with Gasteiger partial charge in [0.2, 0.25) is 0 Å². The Balaban J connectivity index is 0. The van der Waals surface area contributed by atoms with Gasteiger partial charge in [-0.25, -0.2) is 4.57 Å². The molecule has 0 radical (unpaired) electrons. The topological polar surface area (TPSA) is 77.8 Å². The molecule has 0 aliphatic heterocycles. The van der Waals surface area contributed by atoms with E-state index in [0.717, 1.165) is 0 Å². The van der Waals surface area contributed by atoms with E-state index in [2.05, 4.69) is 20.8 Å². The minimum absolute atomic E-state index is 0.422. The van der Waals surface area contributed by atoms with Crippen LogP contribution in [0.4, 0.5) is 0 Å². The van der Waals surface area contributed by atoms with E-state index in [1.807, 2.05) is 0 Å². The van der Waals surface area contributed by atoms with Crippen LogP contribution >= 0.6 is 15.7 Å². The van der Waals surface area contributed by atoms with Gasteiger partial charge in [-0.15, -0.1) is 7.92 Å². The fourth-order valence-corrected chi connectivity index (χ4v) is 4.44. The van der Waals surface area contributed by atoms with Crippen LogP contribution in [0.1, 0.15) is 59.3 Å². The first-order chi connectivity index (χ1) is 8.35.